The first-order valence-corrected chi connectivity index (χ1v) is 5.59. The topological polar surface area (TPSA) is 70.5 Å². The maximum atomic E-state index is 5.49. The molecule has 1 aromatic carbocycles. The molecule has 5 nitrogen and oxygen atoms in total. The van der Waals surface area contributed by atoms with Crippen molar-refractivity contribution >= 4 is 21.8 Å². The molecule has 0 amide bonds. The van der Waals surface area contributed by atoms with Crippen LogP contribution >= 0.6 is 15.9 Å². The van der Waals surface area contributed by atoms with Gasteiger partial charge in [0.25, 0.3) is 0 Å². The molecule has 17 heavy (non-hydrogen) atoms. The van der Waals surface area contributed by atoms with Crippen LogP contribution < -0.4 is 15.2 Å². The van der Waals surface area contributed by atoms with Gasteiger partial charge in [-0.2, -0.15) is 0 Å². The first kappa shape index (κ1) is 11.8. The van der Waals surface area contributed by atoms with Crippen LogP contribution in [0, 0.1) is 0 Å². The van der Waals surface area contributed by atoms with Gasteiger partial charge in [-0.3, -0.25) is 0 Å². The van der Waals surface area contributed by atoms with Crippen LogP contribution in [0.4, 0.5) is 5.88 Å². The molecule has 0 aliphatic carbocycles. The maximum Gasteiger partial charge on any atom is 0.222 e. The lowest BCUT2D eigenvalue weighted by Crippen LogP contribution is -1.93. The van der Waals surface area contributed by atoms with Crippen molar-refractivity contribution in [3.05, 3.63) is 22.7 Å². The molecule has 0 aliphatic rings. The molecule has 0 unspecified atom stereocenters. The molecule has 2 aromatic rings. The van der Waals surface area contributed by atoms with Gasteiger partial charge in [0.15, 0.2) is 11.5 Å². The number of methoxy groups -OCH3 is 2. The van der Waals surface area contributed by atoms with Crippen LogP contribution in [0.2, 0.25) is 0 Å². The average Bonchev–Trinajstić information content (AvgIpc) is 2.75. The zero-order valence-electron chi connectivity index (χ0n) is 9.36. The normalized spacial score (nSPS) is 10.3. The number of hydrogen-bond donors (Lipinski definition) is 1. The molecule has 0 spiro atoms. The van der Waals surface area contributed by atoms with E-state index in [2.05, 4.69) is 21.1 Å². The largest absolute Gasteiger partial charge is 0.493 e. The van der Waals surface area contributed by atoms with Crippen molar-refractivity contribution in [1.29, 1.82) is 0 Å². The summed E-state index contributed by atoms with van der Waals surface area (Å²) in [6.07, 6.45) is 0. The molecule has 2 N–H and O–H groups in total. The maximum absolute atomic E-state index is 5.49. The van der Waals surface area contributed by atoms with Gasteiger partial charge in [-0.15, -0.1) is 0 Å². The smallest absolute Gasteiger partial charge is 0.222 e. The lowest BCUT2D eigenvalue weighted by atomic mass is 10.1. The van der Waals surface area contributed by atoms with E-state index in [0.717, 1.165) is 10.0 Å². The average molecular weight is 299 g/mol. The lowest BCUT2D eigenvalue weighted by Gasteiger charge is -2.11. The van der Waals surface area contributed by atoms with E-state index in [-0.39, 0.29) is 5.88 Å². The highest BCUT2D eigenvalue weighted by Crippen LogP contribution is 2.41. The Morgan fingerprint density at radius 3 is 2.59 bits per heavy atom. The third kappa shape index (κ3) is 2.08. The highest BCUT2D eigenvalue weighted by molar-refractivity contribution is 9.10. The fourth-order valence-corrected chi connectivity index (χ4v) is 2.20. The Kier molecular flexibility index (Phi) is 3.23. The van der Waals surface area contributed by atoms with Crippen LogP contribution in [-0.4, -0.2) is 19.4 Å². The number of aromatic nitrogens is 1. The predicted molar refractivity (Wildman–Crippen MR) is 67.2 cm³/mol. The Morgan fingerprint density at radius 1 is 1.29 bits per heavy atom. The summed E-state index contributed by atoms with van der Waals surface area (Å²) in [4.78, 5) is 0. The zero-order valence-corrected chi connectivity index (χ0v) is 10.9. The predicted octanol–water partition coefficient (Wildman–Crippen LogP) is 2.70. The van der Waals surface area contributed by atoms with E-state index in [1.54, 1.807) is 26.4 Å². The molecule has 0 aliphatic heterocycles. The number of ether oxygens (including phenoxy) is 2. The summed E-state index contributed by atoms with van der Waals surface area (Å²) < 4.78 is 16.0. The van der Waals surface area contributed by atoms with E-state index in [1.807, 2.05) is 6.07 Å². The summed E-state index contributed by atoms with van der Waals surface area (Å²) in [7, 11) is 3.15. The molecule has 0 bridgehead atoms. The number of nitrogens with zero attached hydrogens (tertiary/aromatic N) is 1. The summed E-state index contributed by atoms with van der Waals surface area (Å²) in [5.41, 5.74) is 6.95. The molecule has 0 radical (unpaired) electrons. The van der Waals surface area contributed by atoms with E-state index in [9.17, 15) is 0 Å². The van der Waals surface area contributed by atoms with Gasteiger partial charge < -0.3 is 19.7 Å². The van der Waals surface area contributed by atoms with Crippen molar-refractivity contribution in [2.24, 2.45) is 0 Å². The number of hydrogen-bond acceptors (Lipinski definition) is 5. The molecule has 6 heteroatoms. The van der Waals surface area contributed by atoms with Crippen LogP contribution in [0.25, 0.3) is 11.3 Å². The Balaban J connectivity index is 2.56. The molecular formula is C11H11BrN2O3. The molecule has 2 rings (SSSR count). The molecule has 1 heterocycles. The fourth-order valence-electron chi connectivity index (χ4n) is 1.50. The zero-order chi connectivity index (χ0) is 12.4. The second-order valence-electron chi connectivity index (χ2n) is 3.28. The number of nitrogens with two attached hydrogens (primary N) is 1. The first-order chi connectivity index (χ1) is 8.17. The van der Waals surface area contributed by atoms with Crippen LogP contribution in [0.1, 0.15) is 0 Å². The standard InChI is InChI=1S/C11H11BrN2O3/c1-15-8-4-3-6(10(12)11(8)16-2)7-5-9(13)17-14-7/h3-5H,13H2,1-2H3. The second-order valence-corrected chi connectivity index (χ2v) is 4.07. The SMILES string of the molecule is COc1ccc(-c2cc(N)on2)c(Br)c1OC. The molecule has 90 valence electrons. The lowest BCUT2D eigenvalue weighted by molar-refractivity contribution is 0.353. The van der Waals surface area contributed by atoms with Crippen LogP contribution in [0.15, 0.2) is 27.2 Å². The van der Waals surface area contributed by atoms with Gasteiger partial charge in [0, 0.05) is 11.6 Å². The van der Waals surface area contributed by atoms with E-state index in [1.165, 1.54) is 0 Å². The quantitative estimate of drug-likeness (QED) is 0.943. The van der Waals surface area contributed by atoms with Gasteiger partial charge in [0.1, 0.15) is 5.69 Å². The van der Waals surface area contributed by atoms with E-state index in [0.29, 0.717) is 17.2 Å². The number of benzene rings is 1. The van der Waals surface area contributed by atoms with Crippen molar-refractivity contribution < 1.29 is 14.0 Å². The molecule has 1 aromatic heterocycles. The summed E-state index contributed by atoms with van der Waals surface area (Å²) in [5.74, 6) is 1.51. The Hall–Kier alpha value is -1.69. The van der Waals surface area contributed by atoms with Crippen molar-refractivity contribution in [3.63, 3.8) is 0 Å². The Bertz CT molecular complexity index is 540. The fraction of sp³-hybridized carbons (Fsp3) is 0.182. The van der Waals surface area contributed by atoms with Crippen molar-refractivity contribution in [1.82, 2.24) is 5.16 Å². The van der Waals surface area contributed by atoms with Crippen molar-refractivity contribution in [2.75, 3.05) is 20.0 Å². The van der Waals surface area contributed by atoms with Crippen LogP contribution in [0.5, 0.6) is 11.5 Å². The molecular weight excluding hydrogens is 288 g/mol. The van der Waals surface area contributed by atoms with E-state index >= 15 is 0 Å². The minimum atomic E-state index is 0.265. The van der Waals surface area contributed by atoms with Gasteiger partial charge >= 0.3 is 0 Å². The van der Waals surface area contributed by atoms with Crippen LogP contribution in [0.3, 0.4) is 0 Å². The van der Waals surface area contributed by atoms with Gasteiger partial charge in [0.05, 0.1) is 18.7 Å². The highest BCUT2D eigenvalue weighted by atomic mass is 79.9. The summed E-state index contributed by atoms with van der Waals surface area (Å²) in [6, 6.07) is 5.29. The van der Waals surface area contributed by atoms with Gasteiger partial charge in [0.2, 0.25) is 5.88 Å². The van der Waals surface area contributed by atoms with Gasteiger partial charge in [-0.05, 0) is 28.1 Å². The summed E-state index contributed by atoms with van der Waals surface area (Å²) >= 11 is 3.45. The van der Waals surface area contributed by atoms with Crippen LogP contribution in [-0.2, 0) is 0 Å². The Morgan fingerprint density at radius 2 is 2.06 bits per heavy atom. The van der Waals surface area contributed by atoms with Gasteiger partial charge in [-0.25, -0.2) is 0 Å². The molecule has 0 saturated heterocycles. The van der Waals surface area contributed by atoms with E-state index in [4.69, 9.17) is 19.7 Å². The highest BCUT2D eigenvalue weighted by Gasteiger charge is 2.16. The monoisotopic (exact) mass is 298 g/mol. The van der Waals surface area contributed by atoms with Crippen molar-refractivity contribution in [2.45, 2.75) is 0 Å². The number of nitrogen functional groups attached to an aromatic ring is 1. The minimum Gasteiger partial charge on any atom is -0.493 e. The number of halogens is 1. The van der Waals surface area contributed by atoms with E-state index < -0.39 is 0 Å². The molecule has 0 atom stereocenters. The molecule has 0 fully saturated rings. The minimum absolute atomic E-state index is 0.265. The Labute approximate surface area is 107 Å². The number of rotatable bonds is 3. The third-order valence-electron chi connectivity index (χ3n) is 2.29. The number of anilines is 1. The summed E-state index contributed by atoms with van der Waals surface area (Å²) in [5, 5.41) is 3.85. The summed E-state index contributed by atoms with van der Waals surface area (Å²) in [6.45, 7) is 0. The van der Waals surface area contributed by atoms with Crippen molar-refractivity contribution in [3.8, 4) is 22.8 Å². The molecule has 0 saturated carbocycles. The third-order valence-corrected chi connectivity index (χ3v) is 3.08. The second kappa shape index (κ2) is 4.67. The first-order valence-electron chi connectivity index (χ1n) is 4.80. The van der Waals surface area contributed by atoms with Gasteiger partial charge in [-0.1, -0.05) is 5.16 Å².